The van der Waals surface area contributed by atoms with Crippen molar-refractivity contribution in [1.29, 1.82) is 0 Å². The highest BCUT2D eigenvalue weighted by Crippen LogP contribution is 2.15. The maximum atomic E-state index is 12.5. The van der Waals surface area contributed by atoms with Crippen LogP contribution < -0.4 is 31.5 Å². The summed E-state index contributed by atoms with van der Waals surface area (Å²) in [6, 6.07) is -2.96. The molecular weight excluding hydrogens is 742 g/mol. The van der Waals surface area contributed by atoms with Crippen LogP contribution in [0.5, 0.6) is 0 Å². The number of nitrogens with one attached hydrogen (secondary N) is 4. The summed E-state index contributed by atoms with van der Waals surface area (Å²) in [6.07, 6.45) is -1.78. The number of aliphatic hydroxyl groups is 6. The fourth-order valence-electron chi connectivity index (χ4n) is 6.15. The molecular formula is C35H63N7O14-2. The third-order valence-electron chi connectivity index (χ3n) is 9.46. The summed E-state index contributed by atoms with van der Waals surface area (Å²) >= 11 is 0. The molecule has 0 spiro atoms. The van der Waals surface area contributed by atoms with Gasteiger partial charge in [-0.3, -0.25) is 29.1 Å². The van der Waals surface area contributed by atoms with E-state index < -0.39 is 85.9 Å². The van der Waals surface area contributed by atoms with E-state index in [1.54, 1.807) is 14.7 Å². The van der Waals surface area contributed by atoms with Crippen molar-refractivity contribution in [2.75, 3.05) is 91.8 Å². The van der Waals surface area contributed by atoms with Crippen molar-refractivity contribution < 1.29 is 69.6 Å². The summed E-state index contributed by atoms with van der Waals surface area (Å²) in [5.74, 6) is -3.96. The Kier molecular flexibility index (Phi) is 26.9. The number of aldehydes is 1. The summed E-state index contributed by atoms with van der Waals surface area (Å²) in [6.45, 7) is -0.406. The predicted octanol–water partition coefficient (Wildman–Crippen LogP) is -7.78. The van der Waals surface area contributed by atoms with E-state index in [0.717, 1.165) is 0 Å². The van der Waals surface area contributed by atoms with Crippen LogP contribution in [0.3, 0.4) is 0 Å². The van der Waals surface area contributed by atoms with E-state index in [-0.39, 0.29) is 117 Å². The number of hydrogen-bond donors (Lipinski definition) is 10. The van der Waals surface area contributed by atoms with Gasteiger partial charge in [-0.15, -0.1) is 0 Å². The van der Waals surface area contributed by atoms with Gasteiger partial charge in [0.2, 0.25) is 17.7 Å². The molecule has 0 aromatic carbocycles. The molecule has 324 valence electrons. The minimum Gasteiger partial charge on any atom is -0.548 e. The summed E-state index contributed by atoms with van der Waals surface area (Å²) in [5.41, 5.74) is 0. The Morgan fingerprint density at radius 2 is 0.911 bits per heavy atom. The number of nitrogens with zero attached hydrogens (tertiary/aromatic N) is 3. The zero-order valence-corrected chi connectivity index (χ0v) is 32.1. The first-order valence-corrected chi connectivity index (χ1v) is 19.2. The van der Waals surface area contributed by atoms with Crippen molar-refractivity contribution in [3.8, 4) is 0 Å². The molecule has 1 rings (SSSR count). The van der Waals surface area contributed by atoms with Gasteiger partial charge in [0.1, 0.15) is 6.29 Å². The molecule has 3 amide bonds. The Balaban J connectivity index is 3.15. The van der Waals surface area contributed by atoms with Crippen LogP contribution in [0.25, 0.3) is 0 Å². The third kappa shape index (κ3) is 21.8. The lowest BCUT2D eigenvalue weighted by atomic mass is 10.1. The molecule has 21 heteroatoms. The van der Waals surface area contributed by atoms with Gasteiger partial charge in [-0.1, -0.05) is 0 Å². The van der Waals surface area contributed by atoms with E-state index >= 15 is 0 Å². The number of aliphatic hydroxyl groups excluding tert-OH is 6. The summed E-state index contributed by atoms with van der Waals surface area (Å²) < 4.78 is 0. The van der Waals surface area contributed by atoms with Crippen LogP contribution in [0, 0.1) is 0 Å². The topological polar surface area (TPSA) is 328 Å². The molecule has 1 aliphatic heterocycles. The van der Waals surface area contributed by atoms with Gasteiger partial charge >= 0.3 is 0 Å². The number of amides is 3. The average Bonchev–Trinajstić information content (AvgIpc) is 3.17. The molecule has 6 atom stereocenters. The molecule has 1 fully saturated rings. The summed E-state index contributed by atoms with van der Waals surface area (Å²) in [5, 5.41) is 90.8. The van der Waals surface area contributed by atoms with E-state index in [1.165, 1.54) is 0 Å². The standard InChI is InChI=1S/C35H65N7O14/c43-21-25(4-1-7-31(50)37-18-26(47)22-44)40-14-16-41(29(34(53)54)5-2-8-32(51)38-19-27(48)23-45)12-10-36-11-13-42(17-15-40)30(35(55)56)6-3-9-33(52)39-20-28(49)24-46/h21,25-30,36,44-49H,1-20,22-24H2,(H,37,50)(H,38,51)(H,39,52)(H,53,54)(H,55,56)/p-2. The van der Waals surface area contributed by atoms with Gasteiger partial charge in [-0.2, -0.15) is 0 Å². The maximum absolute atomic E-state index is 12.5. The van der Waals surface area contributed by atoms with E-state index in [4.69, 9.17) is 15.3 Å². The van der Waals surface area contributed by atoms with E-state index in [0.29, 0.717) is 19.4 Å². The fourth-order valence-corrected chi connectivity index (χ4v) is 6.15. The Morgan fingerprint density at radius 3 is 1.23 bits per heavy atom. The van der Waals surface area contributed by atoms with Crippen LogP contribution in [0.4, 0.5) is 0 Å². The highest BCUT2D eigenvalue weighted by Gasteiger charge is 2.27. The van der Waals surface area contributed by atoms with Gasteiger partial charge in [0.15, 0.2) is 0 Å². The van der Waals surface area contributed by atoms with Gasteiger partial charge < -0.3 is 76.5 Å². The Labute approximate surface area is 327 Å². The van der Waals surface area contributed by atoms with Crippen molar-refractivity contribution in [3.05, 3.63) is 0 Å². The molecule has 21 nitrogen and oxygen atoms in total. The zero-order chi connectivity index (χ0) is 41.9. The normalized spacial score (nSPS) is 18.5. The molecule has 0 saturated carbocycles. The molecule has 0 aromatic heterocycles. The number of carbonyl (C=O) groups is 6. The number of rotatable bonds is 27. The quantitative estimate of drug-likeness (QED) is 0.0345. The van der Waals surface area contributed by atoms with E-state index in [1.807, 2.05) is 0 Å². The number of carboxylic acid groups (broad SMARTS) is 2. The first-order chi connectivity index (χ1) is 26.8. The lowest BCUT2D eigenvalue weighted by Crippen LogP contribution is -2.56. The van der Waals surface area contributed by atoms with Crippen LogP contribution >= 0.6 is 0 Å². The van der Waals surface area contributed by atoms with Crippen molar-refractivity contribution in [3.63, 3.8) is 0 Å². The van der Waals surface area contributed by atoms with Crippen LogP contribution in [0.2, 0.25) is 0 Å². The smallest absolute Gasteiger partial charge is 0.220 e. The number of carboxylic acids is 2. The van der Waals surface area contributed by atoms with Gasteiger partial charge in [0, 0.05) is 103 Å². The van der Waals surface area contributed by atoms with Crippen LogP contribution in [0.1, 0.15) is 57.8 Å². The Morgan fingerprint density at radius 1 is 0.571 bits per heavy atom. The summed E-state index contributed by atoms with van der Waals surface area (Å²) in [7, 11) is 0. The predicted molar refractivity (Wildman–Crippen MR) is 195 cm³/mol. The molecule has 1 saturated heterocycles. The molecule has 6 unspecified atom stereocenters. The molecule has 1 aliphatic rings. The monoisotopic (exact) mass is 805 g/mol. The first kappa shape index (κ1) is 50.6. The fraction of sp³-hybridized carbons (Fsp3) is 0.829. The lowest BCUT2D eigenvalue weighted by molar-refractivity contribution is -0.313. The van der Waals surface area contributed by atoms with Gasteiger partial charge in [-0.25, -0.2) is 0 Å². The highest BCUT2D eigenvalue weighted by molar-refractivity contribution is 5.77. The largest absolute Gasteiger partial charge is 0.548 e. The molecule has 0 aromatic rings. The van der Waals surface area contributed by atoms with Crippen LogP contribution in [-0.4, -0.2) is 210 Å². The second kappa shape index (κ2) is 29.8. The van der Waals surface area contributed by atoms with Gasteiger partial charge in [-0.05, 0) is 38.5 Å². The highest BCUT2D eigenvalue weighted by atomic mass is 16.4. The molecule has 1 heterocycles. The minimum atomic E-state index is -1.36. The number of hydrogen-bond acceptors (Lipinski definition) is 18. The van der Waals surface area contributed by atoms with Crippen molar-refractivity contribution >= 4 is 35.9 Å². The first-order valence-electron chi connectivity index (χ1n) is 19.2. The lowest BCUT2D eigenvalue weighted by Gasteiger charge is -2.39. The zero-order valence-electron chi connectivity index (χ0n) is 32.1. The minimum absolute atomic E-state index is 0.0127. The van der Waals surface area contributed by atoms with E-state index in [9.17, 15) is 54.3 Å². The second-order valence-corrected chi connectivity index (χ2v) is 13.8. The van der Waals surface area contributed by atoms with Crippen molar-refractivity contribution in [2.45, 2.75) is 94.2 Å². The number of aliphatic carboxylic acids is 2. The Bertz CT molecular complexity index is 1110. The van der Waals surface area contributed by atoms with Gasteiger partial charge in [0.05, 0.1) is 56.1 Å². The van der Waals surface area contributed by atoms with Crippen LogP contribution in [-0.2, 0) is 28.8 Å². The third-order valence-corrected chi connectivity index (χ3v) is 9.46. The molecule has 56 heavy (non-hydrogen) atoms. The van der Waals surface area contributed by atoms with Gasteiger partial charge in [0.25, 0.3) is 0 Å². The molecule has 0 radical (unpaired) electrons. The summed E-state index contributed by atoms with van der Waals surface area (Å²) in [4.78, 5) is 79.2. The van der Waals surface area contributed by atoms with Crippen LogP contribution in [0.15, 0.2) is 0 Å². The Hall–Kier alpha value is -3.38. The number of carbonyl (C=O) groups excluding carboxylic acids is 6. The average molecular weight is 806 g/mol. The second-order valence-electron chi connectivity index (χ2n) is 13.8. The maximum Gasteiger partial charge on any atom is 0.220 e. The van der Waals surface area contributed by atoms with E-state index in [2.05, 4.69) is 21.3 Å². The van der Waals surface area contributed by atoms with Crippen molar-refractivity contribution in [2.24, 2.45) is 0 Å². The SMILES string of the molecule is O=CC(CCCC(=O)NCC(O)CO)N1CCN(C(CCCC(=O)NCC(O)CO)C(=O)[O-])CCNCCN(C(CCCC(=O)NCC(O)CO)C(=O)[O-])CC1. The molecule has 10 N–H and O–H groups in total. The molecule has 0 bridgehead atoms. The molecule has 0 aliphatic carbocycles. The van der Waals surface area contributed by atoms with Crippen molar-refractivity contribution in [1.82, 2.24) is 36.0 Å².